The van der Waals surface area contributed by atoms with Gasteiger partial charge in [-0.25, -0.2) is 19.6 Å². The summed E-state index contributed by atoms with van der Waals surface area (Å²) in [7, 11) is 1.61. The topological polar surface area (TPSA) is 119 Å². The van der Waals surface area contributed by atoms with Gasteiger partial charge in [0.2, 0.25) is 5.91 Å². The molecule has 1 aromatic carbocycles. The van der Waals surface area contributed by atoms with E-state index >= 15 is 0 Å². The smallest absolute Gasteiger partial charge is 0.231 e. The molecule has 3 aromatic rings. The van der Waals surface area contributed by atoms with Crippen LogP contribution < -0.4 is 5.73 Å². The van der Waals surface area contributed by atoms with E-state index in [4.69, 9.17) is 5.73 Å². The van der Waals surface area contributed by atoms with Gasteiger partial charge in [0.15, 0.2) is 17.6 Å². The summed E-state index contributed by atoms with van der Waals surface area (Å²) in [5.41, 5.74) is 7.05. The van der Waals surface area contributed by atoms with Crippen molar-refractivity contribution in [3.8, 4) is 5.82 Å². The Morgan fingerprint density at radius 2 is 2.07 bits per heavy atom. The first-order chi connectivity index (χ1) is 14.4. The fourth-order valence-corrected chi connectivity index (χ4v) is 3.35. The Morgan fingerprint density at radius 1 is 1.23 bits per heavy atom. The van der Waals surface area contributed by atoms with Gasteiger partial charge in [0.1, 0.15) is 5.69 Å². The molecule has 0 radical (unpaired) electrons. The second-order valence-corrected chi connectivity index (χ2v) is 7.38. The van der Waals surface area contributed by atoms with Crippen molar-refractivity contribution in [2.24, 2.45) is 10.7 Å². The molecule has 152 valence electrons. The summed E-state index contributed by atoms with van der Waals surface area (Å²) in [6, 6.07) is 9.27. The number of carbonyl (C=O) groups is 2. The van der Waals surface area contributed by atoms with Crippen LogP contribution in [0.5, 0.6) is 0 Å². The van der Waals surface area contributed by atoms with E-state index in [1.165, 1.54) is 17.3 Å². The molecule has 0 saturated heterocycles. The minimum atomic E-state index is -0.766. The zero-order chi connectivity index (χ0) is 21.3. The molecule has 1 aliphatic rings. The summed E-state index contributed by atoms with van der Waals surface area (Å²) >= 11 is 0. The summed E-state index contributed by atoms with van der Waals surface area (Å²) in [5.74, 6) is 0.468. The molecule has 1 aliphatic heterocycles. The van der Waals surface area contributed by atoms with Crippen LogP contribution in [-0.2, 0) is 16.8 Å². The normalized spacial score (nSPS) is 18.9. The molecular formula is C21H21N7O2. The van der Waals surface area contributed by atoms with Crippen LogP contribution in [-0.4, -0.2) is 49.3 Å². The van der Waals surface area contributed by atoms with Gasteiger partial charge in [-0.05, 0) is 24.1 Å². The van der Waals surface area contributed by atoms with Crippen molar-refractivity contribution in [3.63, 3.8) is 0 Å². The molecule has 9 nitrogen and oxygen atoms in total. The molecule has 3 heterocycles. The Kier molecular flexibility index (Phi) is 4.86. The third-order valence-electron chi connectivity index (χ3n) is 5.15. The van der Waals surface area contributed by atoms with Crippen molar-refractivity contribution >= 4 is 17.6 Å². The van der Waals surface area contributed by atoms with Crippen LogP contribution in [0.15, 0.2) is 60.1 Å². The van der Waals surface area contributed by atoms with E-state index in [0.29, 0.717) is 5.82 Å². The largest absolute Gasteiger partial charge is 0.369 e. The third-order valence-corrected chi connectivity index (χ3v) is 5.15. The molecule has 0 aliphatic carbocycles. The van der Waals surface area contributed by atoms with Gasteiger partial charge in [-0.2, -0.15) is 5.10 Å². The number of rotatable bonds is 5. The number of amides is 1. The van der Waals surface area contributed by atoms with E-state index in [-0.39, 0.29) is 36.2 Å². The summed E-state index contributed by atoms with van der Waals surface area (Å²) < 4.78 is 1.57. The predicted octanol–water partition coefficient (Wildman–Crippen LogP) is 1.48. The highest BCUT2D eigenvalue weighted by molar-refractivity contribution is 5.99. The molecule has 1 amide bonds. The Labute approximate surface area is 173 Å². The van der Waals surface area contributed by atoms with Crippen molar-refractivity contribution in [3.05, 3.63) is 71.9 Å². The lowest BCUT2D eigenvalue weighted by atomic mass is 9.86. The number of carbonyl (C=O) groups excluding carboxylic acids is 2. The molecule has 0 fully saturated rings. The first kappa shape index (κ1) is 19.4. The van der Waals surface area contributed by atoms with Crippen molar-refractivity contribution in [2.75, 3.05) is 7.05 Å². The van der Waals surface area contributed by atoms with Crippen LogP contribution in [0.25, 0.3) is 5.82 Å². The van der Waals surface area contributed by atoms with Crippen LogP contribution in [0.2, 0.25) is 0 Å². The van der Waals surface area contributed by atoms with Gasteiger partial charge < -0.3 is 5.73 Å². The lowest BCUT2D eigenvalue weighted by Gasteiger charge is -2.33. The number of aliphatic imine (C=N–C) groups is 1. The number of hydrogen-bond acceptors (Lipinski definition) is 7. The van der Waals surface area contributed by atoms with E-state index in [1.54, 1.807) is 30.2 Å². The number of benzene rings is 1. The second-order valence-electron chi connectivity index (χ2n) is 7.38. The van der Waals surface area contributed by atoms with Crippen LogP contribution in [0, 0.1) is 0 Å². The fourth-order valence-electron chi connectivity index (χ4n) is 3.35. The fraction of sp³-hybridized carbons (Fsp3) is 0.238. The number of hydrogen-bond donors (Lipinski definition) is 1. The number of Topliss-reactive ketones (excluding diaryl/α,β-unsaturated/α-hetero) is 1. The highest BCUT2D eigenvalue weighted by Gasteiger charge is 2.36. The number of nitrogens with zero attached hydrogens (tertiary/aromatic N) is 6. The molecule has 2 N–H and O–H groups in total. The maximum atomic E-state index is 12.7. The van der Waals surface area contributed by atoms with Gasteiger partial charge >= 0.3 is 0 Å². The lowest BCUT2D eigenvalue weighted by molar-refractivity contribution is -0.128. The average Bonchev–Trinajstić information content (AvgIpc) is 3.27. The van der Waals surface area contributed by atoms with E-state index in [9.17, 15) is 9.59 Å². The Balaban J connectivity index is 1.53. The standard InChI is InChI=1S/C21H21N7O2/c1-21(11-19(30)27(2)20(22)26-21)15-6-3-5-14(9-15)10-17(29)16-12-24-18(13-23-16)28-8-4-7-25-28/h3-9,12-13H,10-11H2,1-2H3,(H2,22,26). The Morgan fingerprint density at radius 3 is 2.73 bits per heavy atom. The quantitative estimate of drug-likeness (QED) is 0.645. The zero-order valence-corrected chi connectivity index (χ0v) is 16.7. The molecule has 9 heteroatoms. The Hall–Kier alpha value is -3.88. The van der Waals surface area contributed by atoms with Gasteiger partial charge in [-0.15, -0.1) is 0 Å². The molecular weight excluding hydrogens is 382 g/mol. The molecule has 2 aromatic heterocycles. The minimum absolute atomic E-state index is 0.0981. The third kappa shape index (κ3) is 3.69. The monoisotopic (exact) mass is 403 g/mol. The lowest BCUT2D eigenvalue weighted by Crippen LogP contribution is -2.47. The number of ketones is 1. The van der Waals surface area contributed by atoms with Crippen LogP contribution in [0.1, 0.15) is 35.0 Å². The van der Waals surface area contributed by atoms with Crippen molar-refractivity contribution < 1.29 is 9.59 Å². The SMILES string of the molecule is CN1C(=O)CC(C)(c2cccc(CC(=O)c3cnc(-n4cccn4)cn3)c2)N=C1N. The van der Waals surface area contributed by atoms with Crippen LogP contribution in [0.4, 0.5) is 0 Å². The van der Waals surface area contributed by atoms with Crippen molar-refractivity contribution in [2.45, 2.75) is 25.3 Å². The van der Waals surface area contributed by atoms with Gasteiger partial charge in [0, 0.05) is 25.9 Å². The highest BCUT2D eigenvalue weighted by Crippen LogP contribution is 2.33. The molecule has 30 heavy (non-hydrogen) atoms. The molecule has 1 unspecified atom stereocenters. The summed E-state index contributed by atoms with van der Waals surface area (Å²) in [6.07, 6.45) is 6.73. The van der Waals surface area contributed by atoms with Crippen molar-refractivity contribution in [1.82, 2.24) is 24.6 Å². The number of aromatic nitrogens is 4. The zero-order valence-electron chi connectivity index (χ0n) is 16.7. The second kappa shape index (κ2) is 7.51. The van der Waals surface area contributed by atoms with Gasteiger partial charge in [-0.3, -0.25) is 14.5 Å². The minimum Gasteiger partial charge on any atom is -0.369 e. The van der Waals surface area contributed by atoms with Gasteiger partial charge in [-0.1, -0.05) is 24.3 Å². The highest BCUT2D eigenvalue weighted by atomic mass is 16.2. The first-order valence-electron chi connectivity index (χ1n) is 9.42. The molecule has 0 spiro atoms. The number of nitrogens with two attached hydrogens (primary N) is 1. The summed E-state index contributed by atoms with van der Waals surface area (Å²) in [6.45, 7) is 1.87. The first-order valence-corrected chi connectivity index (χ1v) is 9.42. The van der Waals surface area contributed by atoms with Crippen molar-refractivity contribution in [1.29, 1.82) is 0 Å². The maximum absolute atomic E-state index is 12.7. The van der Waals surface area contributed by atoms with E-state index in [2.05, 4.69) is 20.1 Å². The van der Waals surface area contributed by atoms with Crippen LogP contribution in [0.3, 0.4) is 0 Å². The predicted molar refractivity (Wildman–Crippen MR) is 110 cm³/mol. The summed E-state index contributed by atoms with van der Waals surface area (Å²) in [4.78, 5) is 39.3. The maximum Gasteiger partial charge on any atom is 0.231 e. The average molecular weight is 403 g/mol. The van der Waals surface area contributed by atoms with E-state index < -0.39 is 5.54 Å². The van der Waals surface area contributed by atoms with Gasteiger partial charge in [0.25, 0.3) is 0 Å². The summed E-state index contributed by atoms with van der Waals surface area (Å²) in [5, 5.41) is 4.09. The molecule has 4 rings (SSSR count). The van der Waals surface area contributed by atoms with E-state index in [0.717, 1.165) is 11.1 Å². The molecule has 1 atom stereocenters. The van der Waals surface area contributed by atoms with E-state index in [1.807, 2.05) is 31.2 Å². The Bertz CT molecular complexity index is 1120. The van der Waals surface area contributed by atoms with Gasteiger partial charge in [0.05, 0.1) is 24.4 Å². The molecule has 0 saturated carbocycles. The molecule has 0 bridgehead atoms. The number of guanidine groups is 1. The van der Waals surface area contributed by atoms with Crippen LogP contribution >= 0.6 is 0 Å².